The van der Waals surface area contributed by atoms with Gasteiger partial charge in [-0.05, 0) is 60.2 Å². The number of hydrogen-bond acceptors (Lipinski definition) is 4. The summed E-state index contributed by atoms with van der Waals surface area (Å²) in [7, 11) is 1.52. The summed E-state index contributed by atoms with van der Waals surface area (Å²) in [5.74, 6) is -1.01. The Morgan fingerprint density at radius 1 is 1.21 bits per heavy atom. The fourth-order valence-corrected chi connectivity index (χ4v) is 3.69. The highest BCUT2D eigenvalue weighted by Gasteiger charge is 2.37. The van der Waals surface area contributed by atoms with Gasteiger partial charge in [-0.2, -0.15) is 13.2 Å². The van der Waals surface area contributed by atoms with E-state index in [0.29, 0.717) is 17.0 Å². The summed E-state index contributed by atoms with van der Waals surface area (Å²) < 4.78 is 44.7. The Bertz CT molecular complexity index is 867. The number of methoxy groups -OCH3 is 1. The lowest BCUT2D eigenvalue weighted by molar-refractivity contribution is -0.137. The predicted molar refractivity (Wildman–Crippen MR) is 101 cm³/mol. The number of carbonyl (C=O) groups is 1. The van der Waals surface area contributed by atoms with Crippen LogP contribution in [0.5, 0.6) is 5.75 Å². The molecule has 0 saturated carbocycles. The molecule has 0 aliphatic carbocycles. The van der Waals surface area contributed by atoms with Crippen LogP contribution in [0.3, 0.4) is 0 Å². The molecule has 0 aromatic heterocycles. The minimum absolute atomic E-state index is 0.0147. The van der Waals surface area contributed by atoms with Crippen molar-refractivity contribution in [3.05, 3.63) is 59.2 Å². The SMILES string of the molecule is COc1ccc(C2Cc3cc(C(F)(F)F)ccc3NC(=O)C2CC(O)CO)cc1. The Labute approximate surface area is 166 Å². The number of fused-ring (bicyclic) bond motifs is 1. The second-order valence-corrected chi connectivity index (χ2v) is 7.12. The number of alkyl halides is 3. The molecule has 0 fully saturated rings. The highest BCUT2D eigenvalue weighted by atomic mass is 19.4. The van der Waals surface area contributed by atoms with E-state index in [1.807, 2.05) is 0 Å². The minimum atomic E-state index is -4.49. The molecular weight excluding hydrogens is 387 g/mol. The van der Waals surface area contributed by atoms with Crippen LogP contribution in [0.25, 0.3) is 0 Å². The Balaban J connectivity index is 2.04. The van der Waals surface area contributed by atoms with Gasteiger partial charge in [0.2, 0.25) is 5.91 Å². The molecular formula is C21H22F3NO4. The van der Waals surface area contributed by atoms with Gasteiger partial charge in [0, 0.05) is 11.6 Å². The van der Waals surface area contributed by atoms with E-state index < -0.39 is 42.2 Å². The quantitative estimate of drug-likeness (QED) is 0.708. The first-order valence-corrected chi connectivity index (χ1v) is 9.16. The summed E-state index contributed by atoms with van der Waals surface area (Å²) >= 11 is 0. The molecule has 0 radical (unpaired) electrons. The Hall–Kier alpha value is -2.58. The van der Waals surface area contributed by atoms with Gasteiger partial charge in [0.1, 0.15) is 5.75 Å². The molecule has 0 bridgehead atoms. The average Bonchev–Trinajstić information content (AvgIpc) is 2.83. The van der Waals surface area contributed by atoms with E-state index in [9.17, 15) is 28.2 Å². The van der Waals surface area contributed by atoms with Crippen molar-refractivity contribution in [3.8, 4) is 5.75 Å². The fourth-order valence-electron chi connectivity index (χ4n) is 3.69. The third-order valence-corrected chi connectivity index (χ3v) is 5.23. The van der Waals surface area contributed by atoms with Gasteiger partial charge in [0.05, 0.1) is 25.4 Å². The Kier molecular flexibility index (Phi) is 6.14. The molecule has 2 aromatic rings. The molecule has 5 nitrogen and oxygen atoms in total. The monoisotopic (exact) mass is 409 g/mol. The van der Waals surface area contributed by atoms with E-state index in [4.69, 9.17) is 4.74 Å². The number of amides is 1. The molecule has 3 rings (SSSR count). The first-order chi connectivity index (χ1) is 13.7. The number of aliphatic hydroxyl groups is 2. The number of carbonyl (C=O) groups excluding carboxylic acids is 1. The summed E-state index contributed by atoms with van der Waals surface area (Å²) in [6, 6.07) is 10.2. The largest absolute Gasteiger partial charge is 0.497 e. The molecule has 1 aliphatic rings. The van der Waals surface area contributed by atoms with Crippen molar-refractivity contribution in [2.75, 3.05) is 19.0 Å². The van der Waals surface area contributed by atoms with E-state index in [1.165, 1.54) is 13.2 Å². The van der Waals surface area contributed by atoms with Gasteiger partial charge >= 0.3 is 6.18 Å². The number of hydrogen-bond donors (Lipinski definition) is 3. The van der Waals surface area contributed by atoms with E-state index in [-0.39, 0.29) is 12.8 Å². The number of nitrogens with one attached hydrogen (secondary N) is 1. The molecule has 3 atom stereocenters. The van der Waals surface area contributed by atoms with Crippen LogP contribution < -0.4 is 10.1 Å². The van der Waals surface area contributed by atoms with Gasteiger partial charge in [0.25, 0.3) is 0 Å². The second-order valence-electron chi connectivity index (χ2n) is 7.12. The maximum absolute atomic E-state index is 13.2. The maximum atomic E-state index is 13.2. The highest BCUT2D eigenvalue weighted by molar-refractivity contribution is 5.95. The van der Waals surface area contributed by atoms with E-state index in [0.717, 1.165) is 17.7 Å². The summed E-state index contributed by atoms with van der Waals surface area (Å²) in [4.78, 5) is 12.9. The van der Waals surface area contributed by atoms with Crippen LogP contribution in [0.1, 0.15) is 29.0 Å². The number of ether oxygens (including phenoxy) is 1. The lowest BCUT2D eigenvalue weighted by Crippen LogP contribution is -2.31. The minimum Gasteiger partial charge on any atom is -0.497 e. The Morgan fingerprint density at radius 2 is 1.90 bits per heavy atom. The van der Waals surface area contributed by atoms with Gasteiger partial charge in [-0.1, -0.05) is 12.1 Å². The van der Waals surface area contributed by atoms with Crippen LogP contribution in [0.2, 0.25) is 0 Å². The van der Waals surface area contributed by atoms with Crippen molar-refractivity contribution in [1.82, 2.24) is 0 Å². The number of aliphatic hydroxyl groups excluding tert-OH is 2. The van der Waals surface area contributed by atoms with Crippen LogP contribution in [-0.4, -0.2) is 35.9 Å². The van der Waals surface area contributed by atoms with Gasteiger partial charge < -0.3 is 20.3 Å². The van der Waals surface area contributed by atoms with Crippen molar-refractivity contribution >= 4 is 11.6 Å². The smallest absolute Gasteiger partial charge is 0.416 e. The fraction of sp³-hybridized carbons (Fsp3) is 0.381. The topological polar surface area (TPSA) is 78.8 Å². The number of benzene rings is 2. The predicted octanol–water partition coefficient (Wildman–Crippen LogP) is 3.35. The molecule has 2 aromatic carbocycles. The number of rotatable bonds is 5. The molecule has 3 unspecified atom stereocenters. The molecule has 1 amide bonds. The van der Waals surface area contributed by atoms with E-state index >= 15 is 0 Å². The van der Waals surface area contributed by atoms with Gasteiger partial charge in [0.15, 0.2) is 0 Å². The molecule has 156 valence electrons. The lowest BCUT2D eigenvalue weighted by atomic mass is 9.79. The van der Waals surface area contributed by atoms with Crippen LogP contribution in [-0.2, 0) is 17.4 Å². The molecule has 3 N–H and O–H groups in total. The van der Waals surface area contributed by atoms with Crippen molar-refractivity contribution < 1.29 is 32.9 Å². The standard InChI is InChI=1S/C21H22F3NO4/c1-29-16-5-2-12(3-6-16)17-9-13-8-14(21(22,23)24)4-7-19(13)25-20(28)18(17)10-15(27)11-26/h2-8,15,17-18,26-27H,9-11H2,1H3,(H,25,28). The van der Waals surface area contributed by atoms with Gasteiger partial charge in [-0.3, -0.25) is 4.79 Å². The summed E-state index contributed by atoms with van der Waals surface area (Å²) in [6.45, 7) is -0.510. The van der Waals surface area contributed by atoms with E-state index in [1.54, 1.807) is 24.3 Å². The average molecular weight is 409 g/mol. The number of halogens is 3. The first-order valence-electron chi connectivity index (χ1n) is 9.16. The second kappa shape index (κ2) is 8.42. The van der Waals surface area contributed by atoms with E-state index in [2.05, 4.69) is 5.32 Å². The first kappa shape index (κ1) is 21.1. The molecule has 1 heterocycles. The van der Waals surface area contributed by atoms with Crippen molar-refractivity contribution in [2.45, 2.75) is 31.0 Å². The summed E-state index contributed by atoms with van der Waals surface area (Å²) in [5.41, 5.74) is 0.645. The molecule has 29 heavy (non-hydrogen) atoms. The third-order valence-electron chi connectivity index (χ3n) is 5.23. The van der Waals surface area contributed by atoms with Crippen molar-refractivity contribution in [3.63, 3.8) is 0 Å². The van der Waals surface area contributed by atoms with Gasteiger partial charge in [-0.25, -0.2) is 0 Å². The zero-order valence-corrected chi connectivity index (χ0v) is 15.7. The zero-order chi connectivity index (χ0) is 21.2. The highest BCUT2D eigenvalue weighted by Crippen LogP contribution is 2.40. The molecule has 8 heteroatoms. The third kappa shape index (κ3) is 4.71. The molecule has 1 aliphatic heterocycles. The van der Waals surface area contributed by atoms with Crippen molar-refractivity contribution in [2.24, 2.45) is 5.92 Å². The lowest BCUT2D eigenvalue weighted by Gasteiger charge is -2.26. The zero-order valence-electron chi connectivity index (χ0n) is 15.7. The maximum Gasteiger partial charge on any atom is 0.416 e. The molecule has 0 saturated heterocycles. The summed E-state index contributed by atoms with van der Waals surface area (Å²) in [6.07, 6.45) is -5.45. The van der Waals surface area contributed by atoms with Crippen LogP contribution in [0.15, 0.2) is 42.5 Å². The molecule has 0 spiro atoms. The van der Waals surface area contributed by atoms with Crippen molar-refractivity contribution in [1.29, 1.82) is 0 Å². The summed E-state index contributed by atoms with van der Waals surface area (Å²) in [5, 5.41) is 21.8. The van der Waals surface area contributed by atoms with Crippen LogP contribution >= 0.6 is 0 Å². The normalized spacial score (nSPS) is 20.4. The van der Waals surface area contributed by atoms with Crippen LogP contribution in [0, 0.1) is 5.92 Å². The van der Waals surface area contributed by atoms with Crippen LogP contribution in [0.4, 0.5) is 18.9 Å². The number of anilines is 1. The Morgan fingerprint density at radius 3 is 2.48 bits per heavy atom. The van der Waals surface area contributed by atoms with Gasteiger partial charge in [-0.15, -0.1) is 0 Å².